The highest BCUT2D eigenvalue weighted by atomic mass is 32.2. The van der Waals surface area contributed by atoms with Crippen molar-refractivity contribution in [2.24, 2.45) is 0 Å². The lowest BCUT2D eigenvalue weighted by molar-refractivity contribution is 0.0935. The number of aromatic nitrogens is 2. The Morgan fingerprint density at radius 2 is 2.13 bits per heavy atom. The number of ether oxygens (including phenoxy) is 1. The van der Waals surface area contributed by atoms with Crippen LogP contribution in [-0.2, 0) is 33.4 Å². The molecule has 8 nitrogen and oxygen atoms in total. The minimum absolute atomic E-state index is 0.0909. The van der Waals surface area contributed by atoms with E-state index >= 15 is 0 Å². The lowest BCUT2D eigenvalue weighted by atomic mass is 10.2. The number of hydrogen-bond acceptors (Lipinski definition) is 5. The zero-order chi connectivity index (χ0) is 22.4. The summed E-state index contributed by atoms with van der Waals surface area (Å²) < 4.78 is 47.7. The fraction of sp³-hybridized carbons (Fsp3) is 0.524. The minimum atomic E-state index is -3.92. The Labute approximate surface area is 182 Å². The molecule has 2 aromatic rings. The van der Waals surface area contributed by atoms with Gasteiger partial charge in [0.25, 0.3) is 0 Å². The van der Waals surface area contributed by atoms with E-state index in [9.17, 15) is 17.6 Å². The standard InChI is InChI=1S/C21H29FN4O4S/c1-3-23-20(27)25(4-2)13-17-12-24-21(26(17)14-18-9-7-11-30-18)31(28,29)15-16-8-5-6-10-19(16)22/h5-6,8,10,12,18H,3-4,7,9,11,13-15H2,1-2H3,(H,23,27). The number of imidazole rings is 1. The number of rotatable bonds is 9. The third kappa shape index (κ3) is 5.62. The van der Waals surface area contributed by atoms with Crippen molar-refractivity contribution in [3.8, 4) is 0 Å². The van der Waals surface area contributed by atoms with Crippen LogP contribution in [-0.4, -0.2) is 54.7 Å². The molecule has 0 aliphatic carbocycles. The third-order valence-electron chi connectivity index (χ3n) is 5.24. The molecule has 0 radical (unpaired) electrons. The summed E-state index contributed by atoms with van der Waals surface area (Å²) in [7, 11) is -3.92. The summed E-state index contributed by atoms with van der Waals surface area (Å²) in [6.07, 6.45) is 3.07. The highest BCUT2D eigenvalue weighted by Crippen LogP contribution is 2.23. The van der Waals surface area contributed by atoms with Gasteiger partial charge in [0.15, 0.2) is 0 Å². The molecular weight excluding hydrogens is 423 g/mol. The first kappa shape index (κ1) is 23.2. The quantitative estimate of drug-likeness (QED) is 0.631. The van der Waals surface area contributed by atoms with Gasteiger partial charge < -0.3 is 19.5 Å². The fourth-order valence-corrected chi connectivity index (χ4v) is 5.14. The summed E-state index contributed by atoms with van der Waals surface area (Å²) in [6, 6.07) is 5.58. The molecule has 1 fully saturated rings. The Hall–Kier alpha value is -2.46. The molecule has 0 saturated carbocycles. The number of benzene rings is 1. The van der Waals surface area contributed by atoms with Crippen LogP contribution in [0.1, 0.15) is 37.9 Å². The van der Waals surface area contributed by atoms with Crippen LogP contribution in [0.3, 0.4) is 0 Å². The van der Waals surface area contributed by atoms with Crippen molar-refractivity contribution in [3.63, 3.8) is 0 Å². The van der Waals surface area contributed by atoms with Crippen LogP contribution in [0, 0.1) is 5.82 Å². The average molecular weight is 453 g/mol. The second-order valence-electron chi connectivity index (χ2n) is 7.48. The molecule has 1 aliphatic rings. The first-order valence-corrected chi connectivity index (χ1v) is 12.2. The first-order valence-electron chi connectivity index (χ1n) is 10.5. The van der Waals surface area contributed by atoms with Gasteiger partial charge in [-0.25, -0.2) is 22.6 Å². The molecule has 1 unspecified atom stereocenters. The predicted molar refractivity (Wildman–Crippen MR) is 114 cm³/mol. The molecule has 2 heterocycles. The van der Waals surface area contributed by atoms with Crippen molar-refractivity contribution in [3.05, 3.63) is 47.5 Å². The molecule has 1 aromatic carbocycles. The number of carbonyl (C=O) groups is 1. The van der Waals surface area contributed by atoms with E-state index in [1.807, 2.05) is 13.8 Å². The minimum Gasteiger partial charge on any atom is -0.376 e. The molecule has 31 heavy (non-hydrogen) atoms. The first-order chi connectivity index (χ1) is 14.9. The van der Waals surface area contributed by atoms with Crippen LogP contribution in [0.2, 0.25) is 0 Å². The Bertz CT molecular complexity index is 1000. The van der Waals surface area contributed by atoms with Crippen molar-refractivity contribution >= 4 is 15.9 Å². The smallest absolute Gasteiger partial charge is 0.317 e. The number of sulfone groups is 1. The maximum Gasteiger partial charge on any atom is 0.317 e. The van der Waals surface area contributed by atoms with E-state index in [1.165, 1.54) is 24.4 Å². The number of amides is 2. The van der Waals surface area contributed by atoms with E-state index in [1.54, 1.807) is 15.5 Å². The van der Waals surface area contributed by atoms with Gasteiger partial charge in [-0.05, 0) is 32.8 Å². The van der Waals surface area contributed by atoms with Crippen LogP contribution in [0.5, 0.6) is 0 Å². The second kappa shape index (κ2) is 10.2. The maximum absolute atomic E-state index is 14.1. The number of nitrogens with zero attached hydrogens (tertiary/aromatic N) is 3. The van der Waals surface area contributed by atoms with Crippen molar-refractivity contribution < 1.29 is 22.3 Å². The van der Waals surface area contributed by atoms with Gasteiger partial charge in [0, 0.05) is 25.3 Å². The van der Waals surface area contributed by atoms with E-state index < -0.39 is 21.4 Å². The summed E-state index contributed by atoms with van der Waals surface area (Å²) in [5.41, 5.74) is 0.684. The van der Waals surface area contributed by atoms with Gasteiger partial charge in [-0.2, -0.15) is 0 Å². The van der Waals surface area contributed by atoms with Crippen LogP contribution in [0.15, 0.2) is 35.6 Å². The van der Waals surface area contributed by atoms with Gasteiger partial charge in [0.2, 0.25) is 15.0 Å². The maximum atomic E-state index is 14.1. The lowest BCUT2D eigenvalue weighted by Crippen LogP contribution is -2.39. The summed E-state index contributed by atoms with van der Waals surface area (Å²) in [6.45, 7) is 5.78. The largest absolute Gasteiger partial charge is 0.376 e. The van der Waals surface area contributed by atoms with Gasteiger partial charge in [0.05, 0.1) is 36.8 Å². The SMILES string of the molecule is CCNC(=O)N(CC)Cc1cnc(S(=O)(=O)Cc2ccccc2F)n1CC1CCCO1. The van der Waals surface area contributed by atoms with Crippen molar-refractivity contribution in [1.82, 2.24) is 19.8 Å². The Balaban J connectivity index is 1.93. The molecule has 170 valence electrons. The van der Waals surface area contributed by atoms with Gasteiger partial charge in [-0.3, -0.25) is 0 Å². The summed E-state index contributed by atoms with van der Waals surface area (Å²) in [5.74, 6) is -1.06. The monoisotopic (exact) mass is 452 g/mol. The summed E-state index contributed by atoms with van der Waals surface area (Å²) >= 11 is 0. The van der Waals surface area contributed by atoms with Gasteiger partial charge in [-0.15, -0.1) is 0 Å². The Morgan fingerprint density at radius 3 is 2.77 bits per heavy atom. The summed E-state index contributed by atoms with van der Waals surface area (Å²) in [5, 5.41) is 2.63. The average Bonchev–Trinajstić information content (AvgIpc) is 3.38. The molecule has 1 atom stereocenters. The lowest BCUT2D eigenvalue weighted by Gasteiger charge is -2.23. The topological polar surface area (TPSA) is 93.5 Å². The van der Waals surface area contributed by atoms with Gasteiger partial charge >= 0.3 is 6.03 Å². The molecule has 1 aliphatic heterocycles. The molecule has 1 N–H and O–H groups in total. The third-order valence-corrected chi connectivity index (χ3v) is 6.82. The molecule has 0 bridgehead atoms. The van der Waals surface area contributed by atoms with Crippen molar-refractivity contribution in [1.29, 1.82) is 0 Å². The van der Waals surface area contributed by atoms with Crippen LogP contribution >= 0.6 is 0 Å². The van der Waals surface area contributed by atoms with Crippen molar-refractivity contribution in [2.75, 3.05) is 19.7 Å². The number of urea groups is 1. The molecular formula is C21H29FN4O4S. The molecule has 2 amide bonds. The Kier molecular flexibility index (Phi) is 7.66. The zero-order valence-electron chi connectivity index (χ0n) is 17.9. The van der Waals surface area contributed by atoms with E-state index in [0.717, 1.165) is 12.8 Å². The number of nitrogens with one attached hydrogen (secondary N) is 1. The predicted octanol–water partition coefficient (Wildman–Crippen LogP) is 2.73. The van der Waals surface area contributed by atoms with Crippen LogP contribution in [0.25, 0.3) is 0 Å². The van der Waals surface area contributed by atoms with Crippen LogP contribution in [0.4, 0.5) is 9.18 Å². The normalized spacial score (nSPS) is 16.4. The number of halogens is 1. The zero-order valence-corrected chi connectivity index (χ0v) is 18.7. The number of hydrogen-bond donors (Lipinski definition) is 1. The Morgan fingerprint density at radius 1 is 1.35 bits per heavy atom. The van der Waals surface area contributed by atoms with E-state index in [4.69, 9.17) is 4.74 Å². The highest BCUT2D eigenvalue weighted by molar-refractivity contribution is 7.90. The summed E-state index contributed by atoms with van der Waals surface area (Å²) in [4.78, 5) is 18.1. The molecule has 1 saturated heterocycles. The van der Waals surface area contributed by atoms with Crippen molar-refractivity contribution in [2.45, 2.75) is 56.8 Å². The molecule has 10 heteroatoms. The van der Waals surface area contributed by atoms with Crippen LogP contribution < -0.4 is 5.32 Å². The van der Waals surface area contributed by atoms with E-state index in [0.29, 0.717) is 31.9 Å². The fourth-order valence-electron chi connectivity index (χ4n) is 3.62. The van der Waals surface area contributed by atoms with E-state index in [-0.39, 0.29) is 29.4 Å². The molecule has 3 rings (SSSR count). The van der Waals surface area contributed by atoms with Gasteiger partial charge in [-0.1, -0.05) is 18.2 Å². The van der Waals surface area contributed by atoms with Gasteiger partial charge in [0.1, 0.15) is 5.82 Å². The van der Waals surface area contributed by atoms with E-state index in [2.05, 4.69) is 10.3 Å². The second-order valence-corrected chi connectivity index (χ2v) is 9.36. The highest BCUT2D eigenvalue weighted by Gasteiger charge is 2.28. The molecule has 1 aromatic heterocycles. The number of carbonyl (C=O) groups excluding carboxylic acids is 1. The molecule has 0 spiro atoms.